The zero-order chi connectivity index (χ0) is 16.7. The van der Waals surface area contributed by atoms with Crippen molar-refractivity contribution in [2.45, 2.75) is 25.4 Å². The Morgan fingerprint density at radius 1 is 1.43 bits per heavy atom. The molecule has 1 aromatic carbocycles. The van der Waals surface area contributed by atoms with E-state index in [0.29, 0.717) is 19.8 Å². The second kappa shape index (κ2) is 8.10. The summed E-state index contributed by atoms with van der Waals surface area (Å²) in [5.74, 6) is -1.10. The van der Waals surface area contributed by atoms with Crippen LogP contribution in [-0.2, 0) is 20.8 Å². The molecule has 1 fully saturated rings. The Kier molecular flexibility index (Phi) is 6.15. The average molecular weight is 321 g/mol. The van der Waals surface area contributed by atoms with Crippen LogP contribution in [0.4, 0.5) is 4.79 Å². The molecule has 6 heteroatoms. The first kappa shape index (κ1) is 17.5. The Balaban J connectivity index is 2.05. The molecule has 6 nitrogen and oxygen atoms in total. The topological polar surface area (TPSA) is 68.2 Å². The standard InChI is InChI=1S/C17H23NO5/c1-3-9-21-16(20)18(12-14-7-5-4-6-8-14)13-15(19)17(2)22-10-11-23-17/h3-8,15,19H,1,9-13H2,2H3. The molecule has 126 valence electrons. The fourth-order valence-corrected chi connectivity index (χ4v) is 2.33. The van der Waals surface area contributed by atoms with Crippen molar-refractivity contribution >= 4 is 6.09 Å². The van der Waals surface area contributed by atoms with E-state index in [2.05, 4.69) is 6.58 Å². The van der Waals surface area contributed by atoms with E-state index in [1.165, 1.54) is 11.0 Å². The van der Waals surface area contributed by atoms with Gasteiger partial charge >= 0.3 is 6.09 Å². The third kappa shape index (κ3) is 4.79. The third-order valence-electron chi connectivity index (χ3n) is 3.66. The van der Waals surface area contributed by atoms with Gasteiger partial charge in [0.15, 0.2) is 5.79 Å². The van der Waals surface area contributed by atoms with Gasteiger partial charge in [-0.05, 0) is 12.5 Å². The van der Waals surface area contributed by atoms with Crippen LogP contribution in [0.2, 0.25) is 0 Å². The summed E-state index contributed by atoms with van der Waals surface area (Å²) in [6.45, 7) is 6.52. The fourth-order valence-electron chi connectivity index (χ4n) is 2.33. The minimum absolute atomic E-state index is 0.0430. The van der Waals surface area contributed by atoms with Crippen molar-refractivity contribution in [2.75, 3.05) is 26.4 Å². The molecule has 1 aliphatic rings. The second-order valence-corrected chi connectivity index (χ2v) is 5.46. The molecule has 2 rings (SSSR count). The SMILES string of the molecule is C=CCOC(=O)N(Cc1ccccc1)CC(O)C1(C)OCCO1. The first-order valence-corrected chi connectivity index (χ1v) is 7.57. The minimum atomic E-state index is -1.10. The van der Waals surface area contributed by atoms with Gasteiger partial charge in [0.2, 0.25) is 0 Å². The smallest absolute Gasteiger partial charge is 0.410 e. The fraction of sp³-hybridized carbons (Fsp3) is 0.471. The van der Waals surface area contributed by atoms with Crippen LogP contribution in [0.1, 0.15) is 12.5 Å². The molecule has 0 spiro atoms. The molecule has 1 N–H and O–H groups in total. The predicted octanol–water partition coefficient (Wildman–Crippen LogP) is 1.94. The Labute approximate surface area is 136 Å². The number of hydrogen-bond acceptors (Lipinski definition) is 5. The Bertz CT molecular complexity index is 513. The van der Waals surface area contributed by atoms with E-state index in [-0.39, 0.29) is 13.2 Å². The molecule has 23 heavy (non-hydrogen) atoms. The van der Waals surface area contributed by atoms with Crippen molar-refractivity contribution in [3.8, 4) is 0 Å². The normalized spacial score (nSPS) is 17.5. The van der Waals surface area contributed by atoms with E-state index >= 15 is 0 Å². The lowest BCUT2D eigenvalue weighted by Gasteiger charge is -2.32. The highest BCUT2D eigenvalue weighted by molar-refractivity contribution is 5.67. The van der Waals surface area contributed by atoms with Crippen molar-refractivity contribution in [3.63, 3.8) is 0 Å². The number of benzene rings is 1. The number of amides is 1. The van der Waals surface area contributed by atoms with E-state index < -0.39 is 18.0 Å². The summed E-state index contributed by atoms with van der Waals surface area (Å²) < 4.78 is 16.0. The van der Waals surface area contributed by atoms with Crippen LogP contribution in [0.15, 0.2) is 43.0 Å². The third-order valence-corrected chi connectivity index (χ3v) is 3.66. The first-order chi connectivity index (χ1) is 11.0. The summed E-state index contributed by atoms with van der Waals surface area (Å²) in [5.41, 5.74) is 0.939. The monoisotopic (exact) mass is 321 g/mol. The summed E-state index contributed by atoms with van der Waals surface area (Å²) in [4.78, 5) is 13.7. The van der Waals surface area contributed by atoms with Gasteiger partial charge in [0.1, 0.15) is 12.7 Å². The maximum Gasteiger partial charge on any atom is 0.410 e. The minimum Gasteiger partial charge on any atom is -0.445 e. The number of carbonyl (C=O) groups is 1. The second-order valence-electron chi connectivity index (χ2n) is 5.46. The number of rotatable bonds is 7. The van der Waals surface area contributed by atoms with E-state index in [9.17, 15) is 9.90 Å². The summed E-state index contributed by atoms with van der Waals surface area (Å²) in [6.07, 6.45) is -0.00103. The van der Waals surface area contributed by atoms with Gasteiger partial charge in [-0.15, -0.1) is 0 Å². The molecule has 0 bridgehead atoms. The van der Waals surface area contributed by atoms with Gasteiger partial charge in [0, 0.05) is 6.54 Å². The molecule has 0 aliphatic carbocycles. The highest BCUT2D eigenvalue weighted by Gasteiger charge is 2.40. The van der Waals surface area contributed by atoms with Crippen LogP contribution in [0.25, 0.3) is 0 Å². The number of ether oxygens (including phenoxy) is 3. The maximum atomic E-state index is 12.2. The van der Waals surface area contributed by atoms with Crippen LogP contribution in [-0.4, -0.2) is 54.4 Å². The molecule has 1 unspecified atom stereocenters. The lowest BCUT2D eigenvalue weighted by Crippen LogP contribution is -2.49. The van der Waals surface area contributed by atoms with Crippen molar-refractivity contribution < 1.29 is 24.1 Å². The van der Waals surface area contributed by atoms with E-state index in [4.69, 9.17) is 14.2 Å². The molecule has 0 radical (unpaired) electrons. The van der Waals surface area contributed by atoms with Crippen LogP contribution in [0.5, 0.6) is 0 Å². The van der Waals surface area contributed by atoms with Gasteiger partial charge in [0.25, 0.3) is 0 Å². The number of aliphatic hydroxyl groups is 1. The van der Waals surface area contributed by atoms with Crippen LogP contribution < -0.4 is 0 Å². The average Bonchev–Trinajstić information content (AvgIpc) is 3.01. The summed E-state index contributed by atoms with van der Waals surface area (Å²) in [5, 5.41) is 10.4. The van der Waals surface area contributed by atoms with Gasteiger partial charge < -0.3 is 24.2 Å². The highest BCUT2D eigenvalue weighted by Crippen LogP contribution is 2.24. The van der Waals surface area contributed by atoms with E-state index in [1.807, 2.05) is 30.3 Å². The predicted molar refractivity (Wildman–Crippen MR) is 84.7 cm³/mol. The lowest BCUT2D eigenvalue weighted by atomic mass is 10.1. The van der Waals surface area contributed by atoms with Crippen LogP contribution in [0.3, 0.4) is 0 Å². The van der Waals surface area contributed by atoms with E-state index in [0.717, 1.165) is 5.56 Å². The van der Waals surface area contributed by atoms with Crippen molar-refractivity contribution in [2.24, 2.45) is 0 Å². The number of carbonyl (C=O) groups excluding carboxylic acids is 1. The van der Waals surface area contributed by atoms with E-state index in [1.54, 1.807) is 6.92 Å². The first-order valence-electron chi connectivity index (χ1n) is 7.57. The van der Waals surface area contributed by atoms with Gasteiger partial charge in [-0.2, -0.15) is 0 Å². The van der Waals surface area contributed by atoms with Gasteiger partial charge in [-0.25, -0.2) is 4.79 Å². The largest absolute Gasteiger partial charge is 0.445 e. The van der Waals surface area contributed by atoms with Crippen LogP contribution >= 0.6 is 0 Å². The zero-order valence-electron chi connectivity index (χ0n) is 13.3. The van der Waals surface area contributed by atoms with Gasteiger partial charge in [-0.1, -0.05) is 43.0 Å². The van der Waals surface area contributed by atoms with Crippen molar-refractivity contribution in [1.82, 2.24) is 4.90 Å². The molecule has 0 saturated carbocycles. The molecule has 0 aromatic heterocycles. The van der Waals surface area contributed by atoms with Crippen LogP contribution in [0, 0.1) is 0 Å². The lowest BCUT2D eigenvalue weighted by molar-refractivity contribution is -0.210. The summed E-state index contributed by atoms with van der Waals surface area (Å²) in [6, 6.07) is 9.50. The molecular formula is C17H23NO5. The molecular weight excluding hydrogens is 298 g/mol. The maximum absolute atomic E-state index is 12.2. The number of nitrogens with zero attached hydrogens (tertiary/aromatic N) is 1. The van der Waals surface area contributed by atoms with Crippen molar-refractivity contribution in [1.29, 1.82) is 0 Å². The quantitative estimate of drug-likeness (QED) is 0.777. The Morgan fingerprint density at radius 2 is 2.09 bits per heavy atom. The van der Waals surface area contributed by atoms with Crippen molar-refractivity contribution in [3.05, 3.63) is 48.6 Å². The number of hydrogen-bond donors (Lipinski definition) is 1. The molecule has 1 saturated heterocycles. The number of aliphatic hydroxyl groups excluding tert-OH is 1. The molecule has 1 atom stereocenters. The molecule has 1 aromatic rings. The Morgan fingerprint density at radius 3 is 2.70 bits per heavy atom. The molecule has 1 heterocycles. The molecule has 1 amide bonds. The van der Waals surface area contributed by atoms with Gasteiger partial charge in [0.05, 0.1) is 19.8 Å². The summed E-state index contributed by atoms with van der Waals surface area (Å²) in [7, 11) is 0. The van der Waals surface area contributed by atoms with Gasteiger partial charge in [-0.3, -0.25) is 0 Å². The summed E-state index contributed by atoms with van der Waals surface area (Å²) >= 11 is 0. The highest BCUT2D eigenvalue weighted by atomic mass is 16.7. The Hall–Kier alpha value is -1.89. The zero-order valence-corrected chi connectivity index (χ0v) is 13.3. The molecule has 1 aliphatic heterocycles.